The Morgan fingerprint density at radius 1 is 0.396 bits per heavy atom. The molecule has 0 unspecified atom stereocenters. The lowest BCUT2D eigenvalue weighted by Crippen LogP contribution is -2.01. The second-order valence-corrected chi connectivity index (χ2v) is 12.7. The number of aromatic nitrogens is 2. The van der Waals surface area contributed by atoms with Gasteiger partial charge in [-0.1, -0.05) is 129 Å². The summed E-state index contributed by atoms with van der Waals surface area (Å²) in [5, 5.41) is 5.07. The molecule has 2 heteroatoms. The molecule has 0 saturated heterocycles. The van der Waals surface area contributed by atoms with Crippen LogP contribution in [0.5, 0.6) is 0 Å². The fraction of sp³-hybridized carbons (Fsp3) is 0.0870. The molecule has 2 nitrogen and oxygen atoms in total. The van der Waals surface area contributed by atoms with E-state index in [4.69, 9.17) is 0 Å². The maximum absolute atomic E-state index is 2.51. The number of para-hydroxylation sites is 3. The first-order chi connectivity index (χ1) is 23.7. The third-order valence-corrected chi connectivity index (χ3v) is 10.1. The van der Waals surface area contributed by atoms with Gasteiger partial charge < -0.3 is 9.13 Å². The van der Waals surface area contributed by atoms with Crippen molar-refractivity contribution in [2.75, 3.05) is 0 Å². The SMILES string of the molecule is CCc1ccccc1-c1cc2c3ccccc3n(-c3cccc4c5ccccc5n(-c5cccc(-c6ccccc6)c5)c34)c2cc1CC. The van der Waals surface area contributed by atoms with Gasteiger partial charge in [0, 0.05) is 27.2 Å². The molecular formula is C46H36N2. The number of hydrogen-bond acceptors (Lipinski definition) is 0. The van der Waals surface area contributed by atoms with Crippen molar-refractivity contribution in [3.8, 4) is 33.6 Å². The molecule has 0 aliphatic rings. The van der Waals surface area contributed by atoms with Crippen LogP contribution in [0, 0.1) is 0 Å². The van der Waals surface area contributed by atoms with Crippen LogP contribution in [0.15, 0.2) is 158 Å². The highest BCUT2D eigenvalue weighted by Gasteiger charge is 2.21. The standard InChI is InChI=1S/C46H36N2/c1-3-31-16-8-9-21-36(31)40-30-41-38-23-11-13-26-43(38)48(45(41)29-32(40)4-2)44-27-15-24-39-37-22-10-12-25-42(37)47(46(39)44)35-20-14-19-34(28-35)33-17-6-5-7-18-33/h5-30H,3-4H2,1-2H3. The van der Waals surface area contributed by atoms with Crippen molar-refractivity contribution in [2.24, 2.45) is 0 Å². The summed E-state index contributed by atoms with van der Waals surface area (Å²) < 4.78 is 4.98. The number of aryl methyl sites for hydroxylation is 2. The Hall–Kier alpha value is -5.86. The molecule has 0 aliphatic heterocycles. The first-order valence-corrected chi connectivity index (χ1v) is 17.1. The Morgan fingerprint density at radius 3 is 1.81 bits per heavy atom. The average Bonchev–Trinajstić information content (AvgIpc) is 3.67. The molecule has 230 valence electrons. The van der Waals surface area contributed by atoms with Crippen LogP contribution >= 0.6 is 0 Å². The second kappa shape index (κ2) is 11.4. The fourth-order valence-electron chi connectivity index (χ4n) is 7.86. The summed E-state index contributed by atoms with van der Waals surface area (Å²) in [5.41, 5.74) is 15.1. The quantitative estimate of drug-likeness (QED) is 0.176. The summed E-state index contributed by atoms with van der Waals surface area (Å²) >= 11 is 0. The summed E-state index contributed by atoms with van der Waals surface area (Å²) in [6, 6.07) is 58.0. The molecule has 2 heterocycles. The van der Waals surface area contributed by atoms with E-state index in [2.05, 4.69) is 181 Å². The Balaban J connectivity index is 1.38. The average molecular weight is 617 g/mol. The lowest BCUT2D eigenvalue weighted by Gasteiger charge is -2.16. The summed E-state index contributed by atoms with van der Waals surface area (Å²) in [5.74, 6) is 0. The minimum atomic E-state index is 0.960. The predicted octanol–water partition coefficient (Wildman–Crippen LogP) is 12.3. The van der Waals surface area contributed by atoms with Crippen LogP contribution in [-0.2, 0) is 12.8 Å². The first kappa shape index (κ1) is 28.4. The summed E-state index contributed by atoms with van der Waals surface area (Å²) in [7, 11) is 0. The van der Waals surface area contributed by atoms with Crippen molar-refractivity contribution < 1.29 is 0 Å². The van der Waals surface area contributed by atoms with Crippen molar-refractivity contribution in [2.45, 2.75) is 26.7 Å². The van der Waals surface area contributed by atoms with E-state index in [0.717, 1.165) is 18.5 Å². The molecule has 0 radical (unpaired) electrons. The van der Waals surface area contributed by atoms with E-state index in [1.165, 1.54) is 82.7 Å². The third kappa shape index (κ3) is 4.33. The van der Waals surface area contributed by atoms with Gasteiger partial charge in [0.05, 0.1) is 27.8 Å². The molecular weight excluding hydrogens is 581 g/mol. The Morgan fingerprint density at radius 2 is 1.02 bits per heavy atom. The van der Waals surface area contributed by atoms with Gasteiger partial charge in [-0.05, 0) is 88.7 Å². The maximum atomic E-state index is 2.51. The molecule has 9 rings (SSSR count). The predicted molar refractivity (Wildman–Crippen MR) is 205 cm³/mol. The lowest BCUT2D eigenvalue weighted by atomic mass is 9.91. The minimum absolute atomic E-state index is 0.960. The highest BCUT2D eigenvalue weighted by molar-refractivity contribution is 6.15. The number of nitrogens with zero attached hydrogens (tertiary/aromatic N) is 2. The zero-order valence-corrected chi connectivity index (χ0v) is 27.3. The van der Waals surface area contributed by atoms with Crippen LogP contribution in [0.2, 0.25) is 0 Å². The monoisotopic (exact) mass is 616 g/mol. The van der Waals surface area contributed by atoms with Crippen molar-refractivity contribution in [1.29, 1.82) is 0 Å². The van der Waals surface area contributed by atoms with Crippen molar-refractivity contribution in [3.05, 3.63) is 169 Å². The molecule has 0 aliphatic carbocycles. The molecule has 9 aromatic rings. The van der Waals surface area contributed by atoms with Crippen LogP contribution in [-0.4, -0.2) is 9.13 Å². The Kier molecular flexibility index (Phi) is 6.76. The van der Waals surface area contributed by atoms with Crippen LogP contribution in [0.4, 0.5) is 0 Å². The molecule has 0 spiro atoms. The Bertz CT molecular complexity index is 2630. The minimum Gasteiger partial charge on any atom is -0.307 e. The smallest absolute Gasteiger partial charge is 0.0782 e. The number of hydrogen-bond donors (Lipinski definition) is 0. The number of fused-ring (bicyclic) bond motifs is 6. The van der Waals surface area contributed by atoms with E-state index in [9.17, 15) is 0 Å². The van der Waals surface area contributed by atoms with Crippen LogP contribution in [0.1, 0.15) is 25.0 Å². The van der Waals surface area contributed by atoms with E-state index in [-0.39, 0.29) is 0 Å². The van der Waals surface area contributed by atoms with E-state index in [1.54, 1.807) is 0 Å². The first-order valence-electron chi connectivity index (χ1n) is 17.1. The number of rotatable bonds is 6. The molecule has 0 saturated carbocycles. The fourth-order valence-corrected chi connectivity index (χ4v) is 7.86. The molecule has 0 bridgehead atoms. The van der Waals surface area contributed by atoms with E-state index in [1.807, 2.05) is 0 Å². The molecule has 0 atom stereocenters. The highest BCUT2D eigenvalue weighted by atomic mass is 15.1. The van der Waals surface area contributed by atoms with E-state index >= 15 is 0 Å². The van der Waals surface area contributed by atoms with Gasteiger partial charge in [0.1, 0.15) is 0 Å². The largest absolute Gasteiger partial charge is 0.307 e. The lowest BCUT2D eigenvalue weighted by molar-refractivity contribution is 1.11. The van der Waals surface area contributed by atoms with Crippen LogP contribution in [0.3, 0.4) is 0 Å². The third-order valence-electron chi connectivity index (χ3n) is 10.1. The summed E-state index contributed by atoms with van der Waals surface area (Å²) in [6.45, 7) is 4.54. The molecule has 48 heavy (non-hydrogen) atoms. The number of benzene rings is 7. The van der Waals surface area contributed by atoms with Crippen molar-refractivity contribution >= 4 is 43.6 Å². The van der Waals surface area contributed by atoms with Crippen LogP contribution in [0.25, 0.3) is 77.2 Å². The molecule has 0 amide bonds. The van der Waals surface area contributed by atoms with Crippen molar-refractivity contribution in [1.82, 2.24) is 9.13 Å². The van der Waals surface area contributed by atoms with Gasteiger partial charge >= 0.3 is 0 Å². The van der Waals surface area contributed by atoms with Crippen molar-refractivity contribution in [3.63, 3.8) is 0 Å². The van der Waals surface area contributed by atoms with Gasteiger partial charge in [-0.25, -0.2) is 0 Å². The van der Waals surface area contributed by atoms with Crippen LogP contribution < -0.4 is 0 Å². The van der Waals surface area contributed by atoms with E-state index in [0.29, 0.717) is 0 Å². The summed E-state index contributed by atoms with van der Waals surface area (Å²) in [6.07, 6.45) is 1.97. The van der Waals surface area contributed by atoms with Gasteiger partial charge in [-0.2, -0.15) is 0 Å². The Labute approximate surface area is 281 Å². The molecule has 0 N–H and O–H groups in total. The molecule has 2 aromatic heterocycles. The summed E-state index contributed by atoms with van der Waals surface area (Å²) in [4.78, 5) is 0. The van der Waals surface area contributed by atoms with Gasteiger partial charge in [-0.15, -0.1) is 0 Å². The maximum Gasteiger partial charge on any atom is 0.0782 e. The van der Waals surface area contributed by atoms with Gasteiger partial charge in [0.2, 0.25) is 0 Å². The zero-order valence-electron chi connectivity index (χ0n) is 27.3. The van der Waals surface area contributed by atoms with Gasteiger partial charge in [0.15, 0.2) is 0 Å². The molecule has 7 aromatic carbocycles. The normalized spacial score (nSPS) is 11.7. The van der Waals surface area contributed by atoms with Gasteiger partial charge in [-0.3, -0.25) is 0 Å². The van der Waals surface area contributed by atoms with Gasteiger partial charge in [0.25, 0.3) is 0 Å². The molecule has 0 fully saturated rings. The second-order valence-electron chi connectivity index (χ2n) is 12.7. The van der Waals surface area contributed by atoms with E-state index < -0.39 is 0 Å². The highest BCUT2D eigenvalue weighted by Crippen LogP contribution is 2.42. The zero-order chi connectivity index (χ0) is 32.2. The topological polar surface area (TPSA) is 9.86 Å².